The van der Waals surface area contributed by atoms with Crippen LogP contribution in [0.2, 0.25) is 0 Å². The van der Waals surface area contributed by atoms with E-state index in [1.165, 1.54) is 32.5 Å². The summed E-state index contributed by atoms with van der Waals surface area (Å²) in [6.45, 7) is 12.7. The van der Waals surface area contributed by atoms with Crippen LogP contribution in [0.25, 0.3) is 0 Å². The van der Waals surface area contributed by atoms with Crippen molar-refractivity contribution < 1.29 is 4.42 Å². The van der Waals surface area contributed by atoms with Gasteiger partial charge in [-0.25, -0.2) is 4.98 Å². The summed E-state index contributed by atoms with van der Waals surface area (Å²) in [4.78, 5) is 11.3. The van der Waals surface area contributed by atoms with Crippen molar-refractivity contribution in [1.82, 2.24) is 20.5 Å². The minimum absolute atomic E-state index is 0.0169. The summed E-state index contributed by atoms with van der Waals surface area (Å²) in [5.74, 6) is 2.43. The minimum atomic E-state index is -0.0169. The summed E-state index contributed by atoms with van der Waals surface area (Å²) in [6.07, 6.45) is 6.72. The van der Waals surface area contributed by atoms with Gasteiger partial charge in [0.15, 0.2) is 5.96 Å². The summed E-state index contributed by atoms with van der Waals surface area (Å²) >= 11 is 0. The van der Waals surface area contributed by atoms with Crippen LogP contribution in [-0.4, -0.2) is 48.6 Å². The third-order valence-electron chi connectivity index (χ3n) is 4.68. The largest absolute Gasteiger partial charge is 0.443 e. The number of rotatable bonds is 6. The Morgan fingerprint density at radius 2 is 2.08 bits per heavy atom. The van der Waals surface area contributed by atoms with Crippen LogP contribution < -0.4 is 10.6 Å². The van der Waals surface area contributed by atoms with E-state index >= 15 is 0 Å². The second-order valence-corrected chi connectivity index (χ2v) is 7.91. The molecular formula is C19H35N5O. The Hall–Kier alpha value is -1.56. The number of unbranched alkanes of at least 4 members (excludes halogenated alkanes) is 1. The maximum atomic E-state index is 5.82. The van der Waals surface area contributed by atoms with Gasteiger partial charge in [0.05, 0.1) is 12.7 Å². The molecule has 142 valence electrons. The monoisotopic (exact) mass is 349 g/mol. The second kappa shape index (κ2) is 9.22. The number of aliphatic imine (C=N–C) groups is 1. The molecule has 2 rings (SSSR count). The van der Waals surface area contributed by atoms with Gasteiger partial charge in [-0.05, 0) is 25.8 Å². The lowest BCUT2D eigenvalue weighted by Gasteiger charge is -2.33. The Kier molecular flexibility index (Phi) is 7.29. The summed E-state index contributed by atoms with van der Waals surface area (Å²) in [5.41, 5.74) is -0.0169. The van der Waals surface area contributed by atoms with Gasteiger partial charge in [-0.3, -0.25) is 4.99 Å². The van der Waals surface area contributed by atoms with Crippen molar-refractivity contribution in [3.63, 3.8) is 0 Å². The molecule has 1 saturated heterocycles. The fraction of sp³-hybridized carbons (Fsp3) is 0.789. The average Bonchev–Trinajstić information content (AvgIpc) is 3.07. The molecule has 0 amide bonds. The van der Waals surface area contributed by atoms with E-state index in [2.05, 4.69) is 53.2 Å². The Morgan fingerprint density at radius 1 is 1.36 bits per heavy atom. The molecule has 6 nitrogen and oxygen atoms in total. The van der Waals surface area contributed by atoms with Crippen LogP contribution in [-0.2, 0) is 12.0 Å². The van der Waals surface area contributed by atoms with E-state index in [-0.39, 0.29) is 5.41 Å². The molecule has 0 aromatic carbocycles. The van der Waals surface area contributed by atoms with Gasteiger partial charge in [-0.1, -0.05) is 34.1 Å². The molecule has 0 radical (unpaired) electrons. The van der Waals surface area contributed by atoms with E-state index in [0.29, 0.717) is 18.5 Å². The van der Waals surface area contributed by atoms with Gasteiger partial charge >= 0.3 is 0 Å². The van der Waals surface area contributed by atoms with Crippen LogP contribution in [0.15, 0.2) is 15.6 Å². The molecule has 2 N–H and O–H groups in total. The molecule has 2 heterocycles. The van der Waals surface area contributed by atoms with Crippen LogP contribution in [0.1, 0.15) is 65.0 Å². The molecule has 0 spiro atoms. The van der Waals surface area contributed by atoms with E-state index in [9.17, 15) is 0 Å². The number of nitrogens with one attached hydrogen (secondary N) is 2. The zero-order valence-corrected chi connectivity index (χ0v) is 16.6. The minimum Gasteiger partial charge on any atom is -0.443 e. The standard InChI is InChI=1S/C19H35N5O/c1-6-7-10-24-11-8-15(9-12-24)23-18(20-5)22-14-17-21-13-16(25-17)19(2,3)4/h13,15H,6-12,14H2,1-5H3,(H2,20,22,23). The van der Waals surface area contributed by atoms with Crippen LogP contribution in [0.4, 0.5) is 0 Å². The third kappa shape index (κ3) is 6.34. The van der Waals surface area contributed by atoms with E-state index in [0.717, 1.165) is 24.6 Å². The first-order valence-corrected chi connectivity index (χ1v) is 9.57. The van der Waals surface area contributed by atoms with Crippen LogP contribution in [0.5, 0.6) is 0 Å². The Bertz CT molecular complexity index is 538. The van der Waals surface area contributed by atoms with Gasteiger partial charge in [0.1, 0.15) is 5.76 Å². The molecule has 0 saturated carbocycles. The van der Waals surface area contributed by atoms with Crippen molar-refractivity contribution in [2.75, 3.05) is 26.7 Å². The van der Waals surface area contributed by atoms with Crippen molar-refractivity contribution in [3.8, 4) is 0 Å². The molecule has 1 aliphatic rings. The van der Waals surface area contributed by atoms with Crippen LogP contribution in [0, 0.1) is 0 Å². The highest BCUT2D eigenvalue weighted by Crippen LogP contribution is 2.22. The fourth-order valence-electron chi connectivity index (χ4n) is 2.97. The number of oxazole rings is 1. The molecule has 0 aliphatic carbocycles. The SMILES string of the molecule is CCCCN1CCC(NC(=NC)NCc2ncc(C(C)(C)C)o2)CC1. The van der Waals surface area contributed by atoms with Crippen molar-refractivity contribution in [2.24, 2.45) is 4.99 Å². The number of aromatic nitrogens is 1. The first kappa shape index (κ1) is 19.8. The number of likely N-dealkylation sites (tertiary alicyclic amines) is 1. The maximum absolute atomic E-state index is 5.82. The summed E-state index contributed by atoms with van der Waals surface area (Å²) < 4.78 is 5.82. The lowest BCUT2D eigenvalue weighted by molar-refractivity contribution is 0.203. The topological polar surface area (TPSA) is 65.7 Å². The molecule has 0 unspecified atom stereocenters. The lowest BCUT2D eigenvalue weighted by Crippen LogP contribution is -2.48. The highest BCUT2D eigenvalue weighted by atomic mass is 16.4. The van der Waals surface area contributed by atoms with Crippen molar-refractivity contribution in [1.29, 1.82) is 0 Å². The molecule has 1 aromatic rings. The van der Waals surface area contributed by atoms with Gasteiger partial charge in [0.25, 0.3) is 0 Å². The zero-order valence-electron chi connectivity index (χ0n) is 16.6. The molecule has 1 aromatic heterocycles. The van der Waals surface area contributed by atoms with Gasteiger partial charge in [0.2, 0.25) is 5.89 Å². The van der Waals surface area contributed by atoms with E-state index < -0.39 is 0 Å². The van der Waals surface area contributed by atoms with Crippen molar-refractivity contribution in [2.45, 2.75) is 71.4 Å². The summed E-state index contributed by atoms with van der Waals surface area (Å²) in [6, 6.07) is 0.485. The Labute approximate surface area is 152 Å². The second-order valence-electron chi connectivity index (χ2n) is 7.91. The lowest BCUT2D eigenvalue weighted by atomic mass is 9.94. The number of piperidine rings is 1. The fourth-order valence-corrected chi connectivity index (χ4v) is 2.97. The smallest absolute Gasteiger partial charge is 0.213 e. The molecule has 1 aliphatic heterocycles. The number of hydrogen-bond acceptors (Lipinski definition) is 4. The van der Waals surface area contributed by atoms with E-state index in [1.807, 2.05) is 13.2 Å². The molecular weight excluding hydrogens is 314 g/mol. The molecule has 0 atom stereocenters. The Balaban J connectivity index is 1.75. The predicted octanol–water partition coefficient (Wildman–Crippen LogP) is 2.90. The van der Waals surface area contributed by atoms with Crippen LogP contribution >= 0.6 is 0 Å². The summed E-state index contributed by atoms with van der Waals surface area (Å²) in [7, 11) is 1.81. The normalized spacial score (nSPS) is 17.7. The quantitative estimate of drug-likeness (QED) is 0.611. The van der Waals surface area contributed by atoms with Crippen molar-refractivity contribution in [3.05, 3.63) is 17.8 Å². The maximum Gasteiger partial charge on any atom is 0.213 e. The highest BCUT2D eigenvalue weighted by Gasteiger charge is 2.21. The third-order valence-corrected chi connectivity index (χ3v) is 4.68. The van der Waals surface area contributed by atoms with Crippen molar-refractivity contribution >= 4 is 5.96 Å². The number of guanidine groups is 1. The zero-order chi connectivity index (χ0) is 18.3. The van der Waals surface area contributed by atoms with Gasteiger partial charge in [-0.2, -0.15) is 0 Å². The van der Waals surface area contributed by atoms with E-state index in [4.69, 9.17) is 4.42 Å². The summed E-state index contributed by atoms with van der Waals surface area (Å²) in [5, 5.41) is 6.84. The number of nitrogens with zero attached hydrogens (tertiary/aromatic N) is 3. The highest BCUT2D eigenvalue weighted by molar-refractivity contribution is 5.79. The van der Waals surface area contributed by atoms with E-state index in [1.54, 1.807) is 0 Å². The van der Waals surface area contributed by atoms with Gasteiger partial charge in [0, 0.05) is 31.6 Å². The Morgan fingerprint density at radius 3 is 2.64 bits per heavy atom. The first-order valence-electron chi connectivity index (χ1n) is 9.57. The first-order chi connectivity index (χ1) is 11.9. The van der Waals surface area contributed by atoms with Gasteiger partial charge in [-0.15, -0.1) is 0 Å². The predicted molar refractivity (Wildman–Crippen MR) is 103 cm³/mol. The molecule has 0 bridgehead atoms. The average molecular weight is 350 g/mol. The number of hydrogen-bond donors (Lipinski definition) is 2. The van der Waals surface area contributed by atoms with Gasteiger partial charge < -0.3 is 20.0 Å². The molecule has 1 fully saturated rings. The van der Waals surface area contributed by atoms with Crippen LogP contribution in [0.3, 0.4) is 0 Å². The molecule has 25 heavy (non-hydrogen) atoms. The molecule has 6 heteroatoms.